The molecule has 0 aromatic rings. The average molecular weight is 333 g/mol. The lowest BCUT2D eigenvalue weighted by molar-refractivity contribution is 0.0688. The third-order valence-electron chi connectivity index (χ3n) is 5.05. The number of hydrogen-bond donors (Lipinski definition) is 0. The highest BCUT2D eigenvalue weighted by Gasteiger charge is 2.40. The molecule has 0 aromatic heterocycles. The maximum absolute atomic E-state index is 14.1. The monoisotopic (exact) mass is 332 g/mol. The van der Waals surface area contributed by atoms with E-state index in [0.717, 1.165) is 35.4 Å². The molecule has 0 amide bonds. The summed E-state index contributed by atoms with van der Waals surface area (Å²) in [6.07, 6.45) is 6.40. The first kappa shape index (κ1) is 20.4. The second kappa shape index (κ2) is 7.96. The summed E-state index contributed by atoms with van der Waals surface area (Å²) in [4.78, 5) is 6.47. The van der Waals surface area contributed by atoms with Crippen molar-refractivity contribution in [3.05, 3.63) is 49.0 Å². The molecule has 0 spiro atoms. The topological polar surface area (TPSA) is 15.6 Å². The molecule has 1 aliphatic rings. The molecule has 3 heteroatoms. The van der Waals surface area contributed by atoms with E-state index in [4.69, 9.17) is 0 Å². The lowest BCUT2D eigenvalue weighted by Gasteiger charge is -2.43. The molecule has 0 aliphatic heterocycles. The smallest absolute Gasteiger partial charge is 0.108 e. The molecule has 1 fully saturated rings. The predicted molar refractivity (Wildman–Crippen MR) is 104 cm³/mol. The largest absolute Gasteiger partial charge is 0.348 e. The van der Waals surface area contributed by atoms with Gasteiger partial charge in [-0.3, -0.25) is 4.99 Å². The fourth-order valence-electron chi connectivity index (χ4n) is 2.87. The van der Waals surface area contributed by atoms with Crippen LogP contribution in [-0.4, -0.2) is 22.8 Å². The van der Waals surface area contributed by atoms with Crippen LogP contribution in [0.4, 0.5) is 4.39 Å². The maximum Gasteiger partial charge on any atom is 0.108 e. The summed E-state index contributed by atoms with van der Waals surface area (Å²) in [5.74, 6) is 0. The number of aliphatic imine (C=N–C) groups is 1. The predicted octanol–water partition coefficient (Wildman–Crippen LogP) is 6.19. The summed E-state index contributed by atoms with van der Waals surface area (Å²) in [5.41, 5.74) is 2.84. The Hall–Kier alpha value is -1.64. The zero-order valence-corrected chi connectivity index (χ0v) is 16.1. The van der Waals surface area contributed by atoms with Gasteiger partial charge in [-0.05, 0) is 65.2 Å². The van der Waals surface area contributed by atoms with Crippen LogP contribution in [-0.2, 0) is 0 Å². The van der Waals surface area contributed by atoms with Crippen LogP contribution in [0.3, 0.4) is 0 Å². The molecule has 0 radical (unpaired) electrons. The van der Waals surface area contributed by atoms with Crippen LogP contribution in [0.1, 0.15) is 60.3 Å². The summed E-state index contributed by atoms with van der Waals surface area (Å²) < 4.78 is 14.1. The Morgan fingerprint density at radius 2 is 1.67 bits per heavy atom. The van der Waals surface area contributed by atoms with Crippen molar-refractivity contribution in [2.45, 2.75) is 66.0 Å². The van der Waals surface area contributed by atoms with E-state index in [1.807, 2.05) is 31.9 Å². The van der Waals surface area contributed by atoms with Crippen molar-refractivity contribution in [1.82, 2.24) is 4.90 Å². The standard InChI is InChI=1S/C21H33FN2/c1-9-24(15-17(4)18(5)23-14-16(2)3)19(6)20(7)10-12-21(8,22)13-11-20/h9,14H,1,4,6,10-13,15H2,2-3,5,7-8H3/b23-18+. The Morgan fingerprint density at radius 3 is 2.12 bits per heavy atom. The summed E-state index contributed by atoms with van der Waals surface area (Å²) >= 11 is 0. The first-order valence-corrected chi connectivity index (χ1v) is 8.64. The number of rotatable bonds is 7. The molecule has 0 atom stereocenters. The first-order valence-electron chi connectivity index (χ1n) is 8.64. The highest BCUT2D eigenvalue weighted by atomic mass is 19.1. The van der Waals surface area contributed by atoms with Crippen LogP contribution in [0.5, 0.6) is 0 Å². The normalized spacial score (nSPS) is 27.3. The molecule has 134 valence electrons. The molecule has 0 heterocycles. The molecule has 0 unspecified atom stereocenters. The van der Waals surface area contributed by atoms with E-state index in [-0.39, 0.29) is 5.41 Å². The molecule has 0 aromatic carbocycles. The molecule has 1 saturated carbocycles. The second-order valence-electron chi connectivity index (χ2n) is 7.76. The van der Waals surface area contributed by atoms with E-state index in [1.54, 1.807) is 13.1 Å². The molecular weight excluding hydrogens is 299 g/mol. The van der Waals surface area contributed by atoms with E-state index in [1.165, 1.54) is 0 Å². The van der Waals surface area contributed by atoms with Gasteiger partial charge in [-0.15, -0.1) is 0 Å². The Morgan fingerprint density at radius 1 is 1.12 bits per heavy atom. The van der Waals surface area contributed by atoms with Crippen molar-refractivity contribution in [3.8, 4) is 0 Å². The van der Waals surface area contributed by atoms with E-state index in [0.29, 0.717) is 19.4 Å². The molecule has 1 aliphatic carbocycles. The number of hydrogen-bond acceptors (Lipinski definition) is 2. The van der Waals surface area contributed by atoms with Crippen LogP contribution in [0.15, 0.2) is 54.0 Å². The third-order valence-corrected chi connectivity index (χ3v) is 5.05. The van der Waals surface area contributed by atoms with Gasteiger partial charge in [-0.2, -0.15) is 0 Å². The summed E-state index contributed by atoms with van der Waals surface area (Å²) in [6, 6.07) is 0. The van der Waals surface area contributed by atoms with Gasteiger partial charge in [0, 0.05) is 29.6 Å². The first-order chi connectivity index (χ1) is 11.0. The van der Waals surface area contributed by atoms with Gasteiger partial charge < -0.3 is 4.90 Å². The Bertz CT molecular complexity index is 552. The van der Waals surface area contributed by atoms with Crippen molar-refractivity contribution in [2.75, 3.05) is 6.54 Å². The minimum atomic E-state index is -1.05. The van der Waals surface area contributed by atoms with Crippen LogP contribution in [0.25, 0.3) is 0 Å². The van der Waals surface area contributed by atoms with Gasteiger partial charge in [0.25, 0.3) is 0 Å². The van der Waals surface area contributed by atoms with Gasteiger partial charge in [-0.1, -0.05) is 32.2 Å². The average Bonchev–Trinajstić information content (AvgIpc) is 2.52. The molecular formula is C21H33FN2. The zero-order chi connectivity index (χ0) is 18.5. The van der Waals surface area contributed by atoms with Crippen molar-refractivity contribution in [3.63, 3.8) is 0 Å². The third kappa shape index (κ3) is 5.47. The fraction of sp³-hybridized carbons (Fsp3) is 0.571. The van der Waals surface area contributed by atoms with Crippen molar-refractivity contribution < 1.29 is 4.39 Å². The fourth-order valence-corrected chi connectivity index (χ4v) is 2.87. The van der Waals surface area contributed by atoms with Gasteiger partial charge in [0.05, 0.1) is 0 Å². The van der Waals surface area contributed by atoms with Gasteiger partial charge in [0.15, 0.2) is 0 Å². The van der Waals surface area contributed by atoms with Gasteiger partial charge >= 0.3 is 0 Å². The van der Waals surface area contributed by atoms with Crippen LogP contribution >= 0.6 is 0 Å². The van der Waals surface area contributed by atoms with Crippen LogP contribution in [0, 0.1) is 5.41 Å². The number of nitrogens with zero attached hydrogens (tertiary/aromatic N) is 2. The zero-order valence-electron chi connectivity index (χ0n) is 16.1. The highest BCUT2D eigenvalue weighted by Crippen LogP contribution is 2.47. The molecule has 0 bridgehead atoms. The lowest BCUT2D eigenvalue weighted by atomic mass is 9.69. The molecule has 2 nitrogen and oxygen atoms in total. The molecule has 0 N–H and O–H groups in total. The van der Waals surface area contributed by atoms with Gasteiger partial charge in [0.1, 0.15) is 5.67 Å². The van der Waals surface area contributed by atoms with Crippen molar-refractivity contribution >= 4 is 5.71 Å². The molecule has 0 saturated heterocycles. The van der Waals surface area contributed by atoms with Gasteiger partial charge in [0.2, 0.25) is 0 Å². The molecule has 24 heavy (non-hydrogen) atoms. The van der Waals surface area contributed by atoms with E-state index >= 15 is 0 Å². The second-order valence-corrected chi connectivity index (χ2v) is 7.76. The van der Waals surface area contributed by atoms with Gasteiger partial charge in [-0.25, -0.2) is 4.39 Å². The summed E-state index contributed by atoms with van der Waals surface area (Å²) in [6.45, 7) is 22.8. The summed E-state index contributed by atoms with van der Waals surface area (Å²) in [7, 11) is 0. The number of halogens is 1. The Labute approximate surface area is 147 Å². The summed E-state index contributed by atoms with van der Waals surface area (Å²) in [5, 5.41) is 0. The minimum absolute atomic E-state index is 0.0922. The quantitative estimate of drug-likeness (QED) is 0.507. The van der Waals surface area contributed by atoms with E-state index in [9.17, 15) is 4.39 Å². The minimum Gasteiger partial charge on any atom is -0.348 e. The van der Waals surface area contributed by atoms with E-state index in [2.05, 4.69) is 31.7 Å². The van der Waals surface area contributed by atoms with E-state index < -0.39 is 5.67 Å². The highest BCUT2D eigenvalue weighted by molar-refractivity contribution is 5.98. The lowest BCUT2D eigenvalue weighted by Crippen LogP contribution is -2.38. The number of alkyl halides is 1. The SMILES string of the molecule is C=CN(CC(=C)/C(C)=N/C=C(C)C)C(=C)C1(C)CCC(C)(F)CC1. The van der Waals surface area contributed by atoms with Crippen LogP contribution in [0.2, 0.25) is 0 Å². The molecule has 1 rings (SSSR count). The Balaban J connectivity index is 2.81. The Kier molecular flexibility index (Phi) is 6.76. The van der Waals surface area contributed by atoms with Crippen molar-refractivity contribution in [1.29, 1.82) is 0 Å². The maximum atomic E-state index is 14.1. The van der Waals surface area contributed by atoms with Crippen LogP contribution < -0.4 is 0 Å². The van der Waals surface area contributed by atoms with Crippen molar-refractivity contribution in [2.24, 2.45) is 10.4 Å². The number of allylic oxidation sites excluding steroid dienone is 2.